The van der Waals surface area contributed by atoms with Crippen LogP contribution in [0.15, 0.2) is 12.3 Å². The first kappa shape index (κ1) is 12.0. The molecule has 0 saturated carbocycles. The van der Waals surface area contributed by atoms with Gasteiger partial charge in [0, 0.05) is 30.1 Å². The molecule has 0 saturated heterocycles. The number of rotatable bonds is 5. The second-order valence-corrected chi connectivity index (χ2v) is 3.88. The lowest BCUT2D eigenvalue weighted by Gasteiger charge is -2.14. The summed E-state index contributed by atoms with van der Waals surface area (Å²) in [6, 6.07) is 1.99. The van der Waals surface area contributed by atoms with Crippen LogP contribution in [0.4, 0.5) is 0 Å². The zero-order valence-electron chi connectivity index (χ0n) is 10.0. The third-order valence-corrected chi connectivity index (χ3v) is 2.01. The Morgan fingerprint density at radius 3 is 2.80 bits per heavy atom. The van der Waals surface area contributed by atoms with Gasteiger partial charge in [-0.1, -0.05) is 6.92 Å². The van der Waals surface area contributed by atoms with Gasteiger partial charge in [-0.3, -0.25) is 4.98 Å². The average Bonchev–Trinajstić information content (AvgIpc) is 2.16. The molecule has 0 aliphatic carbocycles. The van der Waals surface area contributed by atoms with Crippen molar-refractivity contribution in [3.8, 4) is 5.75 Å². The Morgan fingerprint density at radius 1 is 1.47 bits per heavy atom. The van der Waals surface area contributed by atoms with Gasteiger partial charge in [-0.2, -0.15) is 0 Å². The molecule has 3 heteroatoms. The Hall–Kier alpha value is -1.09. The van der Waals surface area contributed by atoms with E-state index >= 15 is 0 Å². The van der Waals surface area contributed by atoms with E-state index in [1.807, 2.05) is 33.0 Å². The monoisotopic (exact) mass is 208 g/mol. The van der Waals surface area contributed by atoms with Gasteiger partial charge in [0.1, 0.15) is 5.75 Å². The van der Waals surface area contributed by atoms with Crippen molar-refractivity contribution in [2.75, 3.05) is 6.54 Å². The van der Waals surface area contributed by atoms with Crippen molar-refractivity contribution >= 4 is 0 Å². The van der Waals surface area contributed by atoms with Gasteiger partial charge in [0.05, 0.1) is 6.10 Å². The molecular formula is C12H20N2O. The van der Waals surface area contributed by atoms with Crippen LogP contribution in [0, 0.1) is 6.92 Å². The summed E-state index contributed by atoms with van der Waals surface area (Å²) in [6.07, 6.45) is 2.09. The Morgan fingerprint density at radius 2 is 2.20 bits per heavy atom. The van der Waals surface area contributed by atoms with Gasteiger partial charge in [0.15, 0.2) is 0 Å². The summed E-state index contributed by atoms with van der Waals surface area (Å²) < 4.78 is 5.74. The molecule has 0 spiro atoms. The van der Waals surface area contributed by atoms with Crippen molar-refractivity contribution in [2.24, 2.45) is 0 Å². The van der Waals surface area contributed by atoms with E-state index in [2.05, 4.69) is 17.2 Å². The van der Waals surface area contributed by atoms with Crippen LogP contribution < -0.4 is 10.1 Å². The molecule has 1 aromatic rings. The predicted molar refractivity (Wildman–Crippen MR) is 62.1 cm³/mol. The summed E-state index contributed by atoms with van der Waals surface area (Å²) in [4.78, 5) is 4.28. The summed E-state index contributed by atoms with van der Waals surface area (Å²) in [6.45, 7) is 9.90. The number of nitrogens with zero attached hydrogens (tertiary/aromatic N) is 1. The highest BCUT2D eigenvalue weighted by Crippen LogP contribution is 2.19. The van der Waals surface area contributed by atoms with E-state index in [-0.39, 0.29) is 6.10 Å². The number of aromatic nitrogens is 1. The molecule has 1 heterocycles. The molecule has 0 radical (unpaired) electrons. The molecule has 84 valence electrons. The molecule has 0 aliphatic rings. The van der Waals surface area contributed by atoms with Crippen LogP contribution in [0.2, 0.25) is 0 Å². The molecule has 0 bridgehead atoms. The molecule has 3 nitrogen and oxygen atoms in total. The first-order valence-electron chi connectivity index (χ1n) is 5.46. The second kappa shape index (κ2) is 5.71. The van der Waals surface area contributed by atoms with E-state index in [4.69, 9.17) is 4.74 Å². The molecule has 0 aliphatic heterocycles. The summed E-state index contributed by atoms with van der Waals surface area (Å²) in [5, 5.41) is 3.28. The summed E-state index contributed by atoms with van der Waals surface area (Å²) >= 11 is 0. The molecule has 0 unspecified atom stereocenters. The SMILES string of the molecule is CCNCc1cnc(C)cc1OC(C)C. The summed E-state index contributed by atoms with van der Waals surface area (Å²) in [7, 11) is 0. The molecule has 0 aromatic carbocycles. The number of aryl methyl sites for hydroxylation is 1. The third kappa shape index (κ3) is 3.88. The minimum atomic E-state index is 0.201. The van der Waals surface area contributed by atoms with E-state index in [9.17, 15) is 0 Å². The van der Waals surface area contributed by atoms with E-state index in [1.54, 1.807) is 0 Å². The maximum atomic E-state index is 5.74. The number of nitrogens with one attached hydrogen (secondary N) is 1. The van der Waals surface area contributed by atoms with Gasteiger partial charge in [0.25, 0.3) is 0 Å². The van der Waals surface area contributed by atoms with Gasteiger partial charge >= 0.3 is 0 Å². The van der Waals surface area contributed by atoms with Crippen LogP contribution in [0.25, 0.3) is 0 Å². The highest BCUT2D eigenvalue weighted by atomic mass is 16.5. The Bertz CT molecular complexity index is 310. The molecule has 0 atom stereocenters. The van der Waals surface area contributed by atoms with E-state index in [0.717, 1.165) is 30.1 Å². The topological polar surface area (TPSA) is 34.2 Å². The predicted octanol–water partition coefficient (Wildman–Crippen LogP) is 2.29. The molecular weight excluding hydrogens is 188 g/mol. The lowest BCUT2D eigenvalue weighted by Crippen LogP contribution is -2.15. The highest BCUT2D eigenvalue weighted by molar-refractivity contribution is 5.32. The first-order valence-corrected chi connectivity index (χ1v) is 5.46. The van der Waals surface area contributed by atoms with Crippen molar-refractivity contribution < 1.29 is 4.74 Å². The van der Waals surface area contributed by atoms with Crippen LogP contribution in [-0.4, -0.2) is 17.6 Å². The zero-order valence-corrected chi connectivity index (χ0v) is 10.0. The van der Waals surface area contributed by atoms with Crippen LogP contribution in [-0.2, 0) is 6.54 Å². The minimum Gasteiger partial charge on any atom is -0.491 e. The maximum Gasteiger partial charge on any atom is 0.127 e. The maximum absolute atomic E-state index is 5.74. The Balaban J connectivity index is 2.82. The molecule has 1 N–H and O–H groups in total. The second-order valence-electron chi connectivity index (χ2n) is 3.88. The molecule has 1 aromatic heterocycles. The van der Waals surface area contributed by atoms with Crippen molar-refractivity contribution in [2.45, 2.75) is 40.3 Å². The van der Waals surface area contributed by atoms with E-state index < -0.39 is 0 Å². The lowest BCUT2D eigenvalue weighted by atomic mass is 10.2. The Kier molecular flexibility index (Phi) is 4.56. The first-order chi connectivity index (χ1) is 7.13. The third-order valence-electron chi connectivity index (χ3n) is 2.01. The Labute approximate surface area is 91.9 Å². The average molecular weight is 208 g/mol. The quantitative estimate of drug-likeness (QED) is 0.806. The number of pyridine rings is 1. The van der Waals surface area contributed by atoms with Crippen LogP contribution in [0.5, 0.6) is 5.75 Å². The molecule has 0 fully saturated rings. The zero-order chi connectivity index (χ0) is 11.3. The normalized spacial score (nSPS) is 10.7. The molecule has 0 amide bonds. The fraction of sp³-hybridized carbons (Fsp3) is 0.583. The van der Waals surface area contributed by atoms with Gasteiger partial charge in [-0.25, -0.2) is 0 Å². The van der Waals surface area contributed by atoms with Crippen molar-refractivity contribution in [1.29, 1.82) is 0 Å². The van der Waals surface area contributed by atoms with Gasteiger partial charge in [0.2, 0.25) is 0 Å². The van der Waals surface area contributed by atoms with E-state index in [1.165, 1.54) is 0 Å². The van der Waals surface area contributed by atoms with Gasteiger partial charge in [-0.15, -0.1) is 0 Å². The van der Waals surface area contributed by atoms with Crippen molar-refractivity contribution in [1.82, 2.24) is 10.3 Å². The van der Waals surface area contributed by atoms with Crippen LogP contribution in [0.3, 0.4) is 0 Å². The largest absolute Gasteiger partial charge is 0.491 e. The number of hydrogen-bond acceptors (Lipinski definition) is 3. The molecule has 1 rings (SSSR count). The molecule has 15 heavy (non-hydrogen) atoms. The van der Waals surface area contributed by atoms with Crippen LogP contribution in [0.1, 0.15) is 32.0 Å². The number of hydrogen-bond donors (Lipinski definition) is 1. The fourth-order valence-electron chi connectivity index (χ4n) is 1.32. The summed E-state index contributed by atoms with van der Waals surface area (Å²) in [5.41, 5.74) is 2.11. The van der Waals surface area contributed by atoms with Crippen molar-refractivity contribution in [3.05, 3.63) is 23.5 Å². The lowest BCUT2D eigenvalue weighted by molar-refractivity contribution is 0.239. The fourth-order valence-corrected chi connectivity index (χ4v) is 1.32. The standard InChI is InChI=1S/C12H20N2O/c1-5-13-7-11-8-14-10(4)6-12(11)15-9(2)3/h6,8-9,13H,5,7H2,1-4H3. The van der Waals surface area contributed by atoms with Crippen LogP contribution >= 0.6 is 0 Å². The van der Waals surface area contributed by atoms with Crippen molar-refractivity contribution in [3.63, 3.8) is 0 Å². The van der Waals surface area contributed by atoms with Gasteiger partial charge in [-0.05, 0) is 27.3 Å². The van der Waals surface area contributed by atoms with E-state index in [0.29, 0.717) is 0 Å². The number of ether oxygens (including phenoxy) is 1. The van der Waals surface area contributed by atoms with Gasteiger partial charge < -0.3 is 10.1 Å². The minimum absolute atomic E-state index is 0.201. The summed E-state index contributed by atoms with van der Waals surface area (Å²) in [5.74, 6) is 0.943. The highest BCUT2D eigenvalue weighted by Gasteiger charge is 2.06. The smallest absolute Gasteiger partial charge is 0.127 e.